The topological polar surface area (TPSA) is 85.8 Å². The number of carbonyl (C=O) groups is 1. The third-order valence-corrected chi connectivity index (χ3v) is 5.78. The van der Waals surface area contributed by atoms with Crippen LogP contribution in [0, 0.1) is 6.92 Å². The van der Waals surface area contributed by atoms with Crippen LogP contribution in [0.15, 0.2) is 18.3 Å². The predicted octanol–water partition coefficient (Wildman–Crippen LogP) is 5.02. The molecule has 8 heteroatoms. The van der Waals surface area contributed by atoms with Gasteiger partial charge in [0.2, 0.25) is 5.88 Å². The number of aromatic nitrogens is 2. The van der Waals surface area contributed by atoms with Gasteiger partial charge in [0.1, 0.15) is 17.5 Å². The van der Waals surface area contributed by atoms with Crippen molar-refractivity contribution in [2.45, 2.75) is 85.0 Å². The van der Waals surface area contributed by atoms with Gasteiger partial charge in [0, 0.05) is 31.4 Å². The van der Waals surface area contributed by atoms with Gasteiger partial charge in [0.25, 0.3) is 0 Å². The Morgan fingerprint density at radius 3 is 2.44 bits per heavy atom. The van der Waals surface area contributed by atoms with Gasteiger partial charge in [-0.3, -0.25) is 4.98 Å². The number of amides is 1. The highest BCUT2D eigenvalue weighted by atomic mass is 16.6. The van der Waals surface area contributed by atoms with Crippen molar-refractivity contribution in [2.75, 3.05) is 31.2 Å². The highest BCUT2D eigenvalue weighted by Crippen LogP contribution is 2.31. The van der Waals surface area contributed by atoms with Crippen molar-refractivity contribution in [3.05, 3.63) is 23.9 Å². The van der Waals surface area contributed by atoms with E-state index >= 15 is 0 Å². The van der Waals surface area contributed by atoms with Crippen molar-refractivity contribution in [1.29, 1.82) is 0 Å². The maximum Gasteiger partial charge on any atom is 0.407 e. The number of rotatable bonds is 4. The molecule has 8 nitrogen and oxygen atoms in total. The van der Waals surface area contributed by atoms with Gasteiger partial charge in [-0.15, -0.1) is 0 Å². The van der Waals surface area contributed by atoms with Crippen LogP contribution < -0.4 is 15.0 Å². The molecule has 1 N–H and O–H groups in total. The molecule has 1 saturated carbocycles. The summed E-state index contributed by atoms with van der Waals surface area (Å²) in [5, 5.41) is 3.93. The third-order valence-electron chi connectivity index (χ3n) is 5.78. The van der Waals surface area contributed by atoms with E-state index in [1.807, 2.05) is 53.8 Å². The van der Waals surface area contributed by atoms with Crippen molar-refractivity contribution in [3.63, 3.8) is 0 Å². The predicted molar refractivity (Wildman–Crippen MR) is 135 cm³/mol. The molecule has 2 aromatic heterocycles. The number of hydrogen-bond acceptors (Lipinski definition) is 7. The van der Waals surface area contributed by atoms with E-state index in [1.54, 1.807) is 0 Å². The Labute approximate surface area is 203 Å². The molecule has 0 spiro atoms. The zero-order valence-electron chi connectivity index (χ0n) is 21.5. The van der Waals surface area contributed by atoms with Crippen LogP contribution in [0.25, 0.3) is 10.9 Å². The molecule has 0 aromatic carbocycles. The van der Waals surface area contributed by atoms with E-state index in [9.17, 15) is 4.79 Å². The number of ether oxygens (including phenoxy) is 3. The summed E-state index contributed by atoms with van der Waals surface area (Å²) in [6, 6.07) is 4.23. The molecular formula is C26H40N4O4. The molecule has 1 amide bonds. The largest absolute Gasteiger partial charge is 0.474 e. The number of fused-ring (bicyclic) bond motifs is 1. The first-order chi connectivity index (χ1) is 16.3. The first-order valence-corrected chi connectivity index (χ1v) is 12.5. The lowest BCUT2D eigenvalue weighted by Crippen LogP contribution is -2.42. The van der Waals surface area contributed by atoms with Crippen LogP contribution in [0.1, 0.15) is 65.9 Å². The molecular weight excluding hydrogens is 432 g/mol. The number of nitrogens with one attached hydrogen (secondary N) is 1. The number of pyridine rings is 2. The fourth-order valence-corrected chi connectivity index (χ4v) is 4.19. The summed E-state index contributed by atoms with van der Waals surface area (Å²) in [5.41, 5.74) is 1.48. The van der Waals surface area contributed by atoms with Crippen LogP contribution in [0.3, 0.4) is 0 Å². The number of carbonyl (C=O) groups excluding carboxylic acids is 1. The van der Waals surface area contributed by atoms with Gasteiger partial charge in [0.15, 0.2) is 0 Å². The summed E-state index contributed by atoms with van der Waals surface area (Å²) in [6.45, 7) is 14.7. The Morgan fingerprint density at radius 2 is 1.79 bits per heavy atom. The van der Waals surface area contributed by atoms with Crippen molar-refractivity contribution in [1.82, 2.24) is 15.3 Å². The number of nitrogens with zero attached hydrogens (tertiary/aromatic N) is 3. The monoisotopic (exact) mass is 472 g/mol. The van der Waals surface area contributed by atoms with E-state index in [0.717, 1.165) is 61.1 Å². The Kier molecular flexibility index (Phi) is 8.94. The number of anilines is 1. The standard InChI is InChI=1S/C24H34N4O4.C2H6/c1-16-13-19-20(25-15-16)14-21(28-9-11-30-12-10-28)27-22(19)31-18-7-5-17(6-8-18)26-23(29)32-24(2,3)4;1-2/h13-15,17-18H,5-12H2,1-4H3,(H,26,29);1-2H3. The highest BCUT2D eigenvalue weighted by molar-refractivity contribution is 5.86. The van der Waals surface area contributed by atoms with Gasteiger partial charge in [-0.05, 0) is 65.0 Å². The Bertz CT molecular complexity index is 946. The summed E-state index contributed by atoms with van der Waals surface area (Å²) in [4.78, 5) is 23.8. The van der Waals surface area contributed by atoms with E-state index in [2.05, 4.69) is 21.3 Å². The second-order valence-electron chi connectivity index (χ2n) is 9.70. The smallest absolute Gasteiger partial charge is 0.407 e. The second kappa shape index (κ2) is 11.7. The zero-order chi connectivity index (χ0) is 24.7. The van der Waals surface area contributed by atoms with E-state index in [4.69, 9.17) is 19.2 Å². The van der Waals surface area contributed by atoms with Gasteiger partial charge in [-0.1, -0.05) is 13.8 Å². The van der Waals surface area contributed by atoms with E-state index in [-0.39, 0.29) is 18.2 Å². The minimum absolute atomic E-state index is 0.0582. The lowest BCUT2D eigenvalue weighted by molar-refractivity contribution is 0.0470. The van der Waals surface area contributed by atoms with Crippen LogP contribution in [-0.4, -0.2) is 60.1 Å². The fourth-order valence-electron chi connectivity index (χ4n) is 4.19. The number of aryl methyl sites for hydroxylation is 1. The SMILES string of the molecule is CC.Cc1cnc2cc(N3CCOCC3)nc(OC3CCC(NC(=O)OC(C)(C)C)CC3)c2c1. The highest BCUT2D eigenvalue weighted by Gasteiger charge is 2.27. The molecule has 2 aromatic rings. The van der Waals surface area contributed by atoms with Crippen molar-refractivity contribution < 1.29 is 19.0 Å². The lowest BCUT2D eigenvalue weighted by atomic mass is 9.93. The summed E-state index contributed by atoms with van der Waals surface area (Å²) in [7, 11) is 0. The molecule has 1 saturated heterocycles. The average Bonchev–Trinajstić information content (AvgIpc) is 2.81. The molecule has 0 unspecified atom stereocenters. The summed E-state index contributed by atoms with van der Waals surface area (Å²) >= 11 is 0. The number of morpholine rings is 1. The molecule has 0 radical (unpaired) electrons. The van der Waals surface area contributed by atoms with Gasteiger partial charge in [-0.2, -0.15) is 4.98 Å². The first kappa shape index (κ1) is 26.0. The molecule has 188 valence electrons. The average molecular weight is 473 g/mol. The zero-order valence-corrected chi connectivity index (χ0v) is 21.5. The maximum atomic E-state index is 12.1. The van der Waals surface area contributed by atoms with E-state index in [0.29, 0.717) is 19.1 Å². The van der Waals surface area contributed by atoms with Crippen molar-refractivity contribution in [3.8, 4) is 5.88 Å². The summed E-state index contributed by atoms with van der Waals surface area (Å²) < 4.78 is 17.3. The normalized spacial score (nSPS) is 20.8. The quantitative estimate of drug-likeness (QED) is 0.669. The molecule has 0 bridgehead atoms. The van der Waals surface area contributed by atoms with Gasteiger partial charge in [-0.25, -0.2) is 4.79 Å². The van der Waals surface area contributed by atoms with Crippen molar-refractivity contribution >= 4 is 22.8 Å². The van der Waals surface area contributed by atoms with Crippen molar-refractivity contribution in [2.24, 2.45) is 0 Å². The fraction of sp³-hybridized carbons (Fsp3) is 0.654. The molecule has 3 heterocycles. The van der Waals surface area contributed by atoms with E-state index in [1.165, 1.54) is 0 Å². The number of alkyl carbamates (subject to hydrolysis) is 1. The molecule has 2 fully saturated rings. The molecule has 1 aliphatic carbocycles. The Balaban J connectivity index is 0.00000158. The van der Waals surface area contributed by atoms with Gasteiger partial charge >= 0.3 is 6.09 Å². The van der Waals surface area contributed by atoms with Crippen LogP contribution in [0.5, 0.6) is 5.88 Å². The Hall–Kier alpha value is -2.61. The molecule has 34 heavy (non-hydrogen) atoms. The van der Waals surface area contributed by atoms with Gasteiger partial charge < -0.3 is 24.4 Å². The minimum atomic E-state index is -0.491. The van der Waals surface area contributed by atoms with Crippen LogP contribution in [0.4, 0.5) is 10.6 Å². The molecule has 0 atom stereocenters. The van der Waals surface area contributed by atoms with E-state index < -0.39 is 5.60 Å². The van der Waals surface area contributed by atoms with Crippen LogP contribution >= 0.6 is 0 Å². The maximum absolute atomic E-state index is 12.1. The first-order valence-electron chi connectivity index (χ1n) is 12.5. The van der Waals surface area contributed by atoms with Crippen LogP contribution in [-0.2, 0) is 9.47 Å². The lowest BCUT2D eigenvalue weighted by Gasteiger charge is -2.31. The Morgan fingerprint density at radius 1 is 1.12 bits per heavy atom. The third kappa shape index (κ3) is 7.19. The minimum Gasteiger partial charge on any atom is -0.474 e. The molecule has 1 aliphatic heterocycles. The second-order valence-corrected chi connectivity index (χ2v) is 9.70. The molecule has 4 rings (SSSR count). The van der Waals surface area contributed by atoms with Crippen LogP contribution in [0.2, 0.25) is 0 Å². The summed E-state index contributed by atoms with van der Waals surface area (Å²) in [6.07, 6.45) is 4.99. The van der Waals surface area contributed by atoms with Gasteiger partial charge in [0.05, 0.1) is 24.1 Å². The molecule has 2 aliphatic rings. The number of hydrogen-bond donors (Lipinski definition) is 1. The summed E-state index contributed by atoms with van der Waals surface area (Å²) in [5.74, 6) is 1.52.